The van der Waals surface area contributed by atoms with E-state index >= 15 is 0 Å². The molecule has 1 aliphatic heterocycles. The summed E-state index contributed by atoms with van der Waals surface area (Å²) in [5.74, 6) is -1.18. The third-order valence-electron chi connectivity index (χ3n) is 4.22. The molecular formula is C20H17F2NO5. The molecule has 2 aromatic rings. The summed E-state index contributed by atoms with van der Waals surface area (Å²) in [5.41, 5.74) is 1.18. The highest BCUT2D eigenvalue weighted by Gasteiger charge is 2.21. The Balaban J connectivity index is 1.54. The van der Waals surface area contributed by atoms with Crippen molar-refractivity contribution in [3.63, 3.8) is 0 Å². The number of benzene rings is 2. The average Bonchev–Trinajstić information content (AvgIpc) is 3.12. The van der Waals surface area contributed by atoms with Crippen LogP contribution in [0.25, 0.3) is 0 Å². The molecule has 0 aromatic heterocycles. The Bertz CT molecular complexity index is 865. The van der Waals surface area contributed by atoms with E-state index in [1.807, 2.05) is 0 Å². The average molecular weight is 389 g/mol. The lowest BCUT2D eigenvalue weighted by Gasteiger charge is -2.15. The minimum atomic E-state index is -2.95. The second kappa shape index (κ2) is 8.60. The van der Waals surface area contributed by atoms with Crippen LogP contribution in [0.15, 0.2) is 48.5 Å². The molecular weight excluding hydrogens is 372 g/mol. The summed E-state index contributed by atoms with van der Waals surface area (Å²) in [6.45, 7) is -2.76. The van der Waals surface area contributed by atoms with E-state index in [1.165, 1.54) is 24.3 Å². The highest BCUT2D eigenvalue weighted by molar-refractivity contribution is 6.00. The molecule has 1 heterocycles. The van der Waals surface area contributed by atoms with Gasteiger partial charge in [0.1, 0.15) is 5.75 Å². The Hall–Kier alpha value is -3.29. The predicted octanol–water partition coefficient (Wildman–Crippen LogP) is 3.45. The van der Waals surface area contributed by atoms with E-state index in [4.69, 9.17) is 4.74 Å². The van der Waals surface area contributed by atoms with E-state index in [0.717, 1.165) is 12.1 Å². The molecule has 0 aliphatic carbocycles. The summed E-state index contributed by atoms with van der Waals surface area (Å²) in [5, 5.41) is 0. The number of halogens is 2. The van der Waals surface area contributed by atoms with Crippen molar-refractivity contribution in [2.75, 3.05) is 18.1 Å². The van der Waals surface area contributed by atoms with Gasteiger partial charge in [0.25, 0.3) is 0 Å². The summed E-state index contributed by atoms with van der Waals surface area (Å²) >= 11 is 0. The van der Waals surface area contributed by atoms with E-state index < -0.39 is 25.0 Å². The Kier molecular flexibility index (Phi) is 5.98. The number of ether oxygens (including phenoxy) is 2. The molecule has 0 radical (unpaired) electrons. The van der Waals surface area contributed by atoms with Gasteiger partial charge in [-0.2, -0.15) is 8.78 Å². The molecule has 146 valence electrons. The van der Waals surface area contributed by atoms with Crippen molar-refractivity contribution in [1.82, 2.24) is 0 Å². The third kappa shape index (κ3) is 4.70. The molecule has 0 N–H and O–H groups in total. The molecule has 1 fully saturated rings. The van der Waals surface area contributed by atoms with Crippen LogP contribution >= 0.6 is 0 Å². The molecule has 1 saturated heterocycles. The van der Waals surface area contributed by atoms with Gasteiger partial charge >= 0.3 is 12.6 Å². The van der Waals surface area contributed by atoms with Crippen molar-refractivity contribution < 1.29 is 32.6 Å². The molecule has 1 amide bonds. The minimum absolute atomic E-state index is 0.0537. The fourth-order valence-corrected chi connectivity index (χ4v) is 2.82. The first kappa shape index (κ1) is 19.5. The number of esters is 1. The smallest absolute Gasteiger partial charge is 0.387 e. The first-order valence-electron chi connectivity index (χ1n) is 8.59. The second-order valence-electron chi connectivity index (χ2n) is 6.10. The van der Waals surface area contributed by atoms with Crippen molar-refractivity contribution in [2.45, 2.75) is 19.5 Å². The number of carbonyl (C=O) groups excluding carboxylic acids is 3. The SMILES string of the molecule is O=C(COC(=O)c1ccc(OC(F)F)cc1)c1ccc(N2CCCC2=O)cc1. The van der Waals surface area contributed by atoms with Gasteiger partial charge in [0.15, 0.2) is 12.4 Å². The Morgan fingerprint density at radius 2 is 1.64 bits per heavy atom. The van der Waals surface area contributed by atoms with E-state index in [2.05, 4.69) is 4.74 Å². The normalized spacial score (nSPS) is 13.7. The van der Waals surface area contributed by atoms with Crippen molar-refractivity contribution >= 4 is 23.3 Å². The van der Waals surface area contributed by atoms with Crippen LogP contribution in [0.5, 0.6) is 5.75 Å². The third-order valence-corrected chi connectivity index (χ3v) is 4.22. The minimum Gasteiger partial charge on any atom is -0.454 e. The van der Waals surface area contributed by atoms with Gasteiger partial charge in [-0.15, -0.1) is 0 Å². The molecule has 3 rings (SSSR count). The Labute approximate surface area is 159 Å². The lowest BCUT2D eigenvalue weighted by Crippen LogP contribution is -2.23. The van der Waals surface area contributed by atoms with Crippen LogP contribution in [0.4, 0.5) is 14.5 Å². The quantitative estimate of drug-likeness (QED) is 0.536. The maximum atomic E-state index is 12.2. The van der Waals surface area contributed by atoms with Gasteiger partial charge in [0, 0.05) is 24.2 Å². The van der Waals surface area contributed by atoms with Crippen LogP contribution in [0.3, 0.4) is 0 Å². The fraction of sp³-hybridized carbons (Fsp3) is 0.250. The number of hydrogen-bond acceptors (Lipinski definition) is 5. The van der Waals surface area contributed by atoms with Gasteiger partial charge in [0.2, 0.25) is 5.91 Å². The number of amides is 1. The first-order chi connectivity index (χ1) is 13.4. The molecule has 6 nitrogen and oxygen atoms in total. The van der Waals surface area contributed by atoms with Crippen molar-refractivity contribution in [3.8, 4) is 5.75 Å². The van der Waals surface area contributed by atoms with E-state index in [0.29, 0.717) is 18.5 Å². The topological polar surface area (TPSA) is 72.9 Å². The largest absolute Gasteiger partial charge is 0.454 e. The molecule has 1 aliphatic rings. The molecule has 0 atom stereocenters. The van der Waals surface area contributed by atoms with E-state index in [9.17, 15) is 23.2 Å². The van der Waals surface area contributed by atoms with Gasteiger partial charge in [-0.05, 0) is 55.0 Å². The van der Waals surface area contributed by atoms with Crippen LogP contribution in [-0.4, -0.2) is 37.4 Å². The first-order valence-corrected chi connectivity index (χ1v) is 8.59. The number of carbonyl (C=O) groups is 3. The van der Waals surface area contributed by atoms with Gasteiger partial charge < -0.3 is 14.4 Å². The molecule has 0 unspecified atom stereocenters. The number of anilines is 1. The lowest BCUT2D eigenvalue weighted by atomic mass is 10.1. The van der Waals surface area contributed by atoms with Crippen LogP contribution in [0, 0.1) is 0 Å². The lowest BCUT2D eigenvalue weighted by molar-refractivity contribution is -0.117. The number of alkyl halides is 2. The molecule has 0 bridgehead atoms. The number of nitrogens with zero attached hydrogens (tertiary/aromatic N) is 1. The van der Waals surface area contributed by atoms with Gasteiger partial charge in [-0.25, -0.2) is 4.79 Å². The zero-order chi connectivity index (χ0) is 20.1. The number of ketones is 1. The second-order valence-corrected chi connectivity index (χ2v) is 6.10. The summed E-state index contributed by atoms with van der Waals surface area (Å²) in [7, 11) is 0. The summed E-state index contributed by atoms with van der Waals surface area (Å²) in [6, 6.07) is 11.5. The molecule has 0 spiro atoms. The molecule has 8 heteroatoms. The van der Waals surface area contributed by atoms with Crippen LogP contribution in [0.1, 0.15) is 33.6 Å². The highest BCUT2D eigenvalue weighted by atomic mass is 19.3. The van der Waals surface area contributed by atoms with Crippen molar-refractivity contribution in [2.24, 2.45) is 0 Å². The molecule has 28 heavy (non-hydrogen) atoms. The van der Waals surface area contributed by atoms with Crippen LogP contribution in [0.2, 0.25) is 0 Å². The molecule has 2 aromatic carbocycles. The standard InChI is InChI=1S/C20H17F2NO5/c21-20(22)28-16-9-5-14(6-10-16)19(26)27-12-17(24)13-3-7-15(8-4-13)23-11-1-2-18(23)25/h3-10,20H,1-2,11-12H2. The molecule has 0 saturated carbocycles. The number of rotatable bonds is 7. The van der Waals surface area contributed by atoms with Gasteiger partial charge in [0.05, 0.1) is 5.56 Å². The van der Waals surface area contributed by atoms with Gasteiger partial charge in [-0.3, -0.25) is 9.59 Å². The zero-order valence-electron chi connectivity index (χ0n) is 14.8. The Morgan fingerprint density at radius 3 is 2.21 bits per heavy atom. The maximum absolute atomic E-state index is 12.2. The highest BCUT2D eigenvalue weighted by Crippen LogP contribution is 2.22. The number of hydrogen-bond donors (Lipinski definition) is 0. The zero-order valence-corrected chi connectivity index (χ0v) is 14.8. The van der Waals surface area contributed by atoms with Crippen molar-refractivity contribution in [1.29, 1.82) is 0 Å². The summed E-state index contributed by atoms with van der Waals surface area (Å²) in [6.07, 6.45) is 1.33. The van der Waals surface area contributed by atoms with E-state index in [1.54, 1.807) is 29.2 Å². The monoisotopic (exact) mass is 389 g/mol. The maximum Gasteiger partial charge on any atom is 0.387 e. The van der Waals surface area contributed by atoms with E-state index in [-0.39, 0.29) is 17.2 Å². The predicted molar refractivity (Wildman–Crippen MR) is 95.7 cm³/mol. The summed E-state index contributed by atoms with van der Waals surface area (Å²) in [4.78, 5) is 37.6. The van der Waals surface area contributed by atoms with Crippen LogP contribution in [-0.2, 0) is 9.53 Å². The van der Waals surface area contributed by atoms with Gasteiger partial charge in [-0.1, -0.05) is 0 Å². The van der Waals surface area contributed by atoms with Crippen molar-refractivity contribution in [3.05, 3.63) is 59.7 Å². The summed E-state index contributed by atoms with van der Waals surface area (Å²) < 4.78 is 33.4. The number of Topliss-reactive ketones (excluding diaryl/α,β-unsaturated/α-hetero) is 1. The van der Waals surface area contributed by atoms with Crippen LogP contribution < -0.4 is 9.64 Å². The Morgan fingerprint density at radius 1 is 1.00 bits per heavy atom. The fourth-order valence-electron chi connectivity index (χ4n) is 2.82.